The molecule has 0 saturated heterocycles. The van der Waals surface area contributed by atoms with Crippen molar-refractivity contribution in [1.29, 1.82) is 5.26 Å². The normalized spacial score (nSPS) is 10.4. The van der Waals surface area contributed by atoms with E-state index in [4.69, 9.17) is 14.2 Å². The lowest BCUT2D eigenvalue weighted by Gasteiger charge is -2.12. The summed E-state index contributed by atoms with van der Waals surface area (Å²) in [5.41, 5.74) is 0.726. The average Bonchev–Trinajstić information content (AvgIpc) is 2.76. The van der Waals surface area contributed by atoms with Gasteiger partial charge in [0.2, 0.25) is 0 Å². The molecule has 0 unspecified atom stereocenters. The highest BCUT2D eigenvalue weighted by atomic mass is 16.6. The number of para-hydroxylation sites is 1. The first-order valence-corrected chi connectivity index (χ1v) is 8.58. The molecule has 0 aliphatic rings. The Morgan fingerprint density at radius 2 is 1.83 bits per heavy atom. The molecule has 0 aromatic heterocycles. The summed E-state index contributed by atoms with van der Waals surface area (Å²) < 4.78 is 15.9. The Hall–Kier alpha value is -4.05. The average molecular weight is 392 g/mol. The smallest absolute Gasteiger partial charge is 0.347 e. The van der Waals surface area contributed by atoms with Gasteiger partial charge in [0.15, 0.2) is 11.5 Å². The number of rotatable bonds is 8. The van der Waals surface area contributed by atoms with Gasteiger partial charge in [0.1, 0.15) is 23.0 Å². The standard InChI is InChI=1S/C22H20N2O5/c1-4-11-24-21(25)16(14-23)12-15-9-10-19(20(13-15)28-3)29-22(26)17-7-5-6-8-18(17)27-2/h4-10,12-13H,1,11H2,2-3H3,(H,24,25)/b16-12-. The highest BCUT2D eigenvalue weighted by Gasteiger charge is 2.17. The predicted octanol–water partition coefficient (Wildman–Crippen LogP) is 3.13. The van der Waals surface area contributed by atoms with Crippen LogP contribution < -0.4 is 19.5 Å². The lowest BCUT2D eigenvalue weighted by Crippen LogP contribution is -2.24. The zero-order valence-electron chi connectivity index (χ0n) is 16.1. The molecule has 0 radical (unpaired) electrons. The van der Waals surface area contributed by atoms with Crippen LogP contribution in [-0.2, 0) is 4.79 Å². The minimum atomic E-state index is -0.606. The van der Waals surface area contributed by atoms with Crippen LogP contribution in [0.3, 0.4) is 0 Å². The van der Waals surface area contributed by atoms with E-state index in [-0.39, 0.29) is 29.2 Å². The number of nitriles is 1. The third kappa shape index (κ3) is 5.47. The van der Waals surface area contributed by atoms with E-state index >= 15 is 0 Å². The third-order valence-corrected chi connectivity index (χ3v) is 3.80. The molecular formula is C22H20N2O5. The molecule has 1 amide bonds. The Labute approximate surface area is 168 Å². The summed E-state index contributed by atoms with van der Waals surface area (Å²) in [6.07, 6.45) is 2.92. The Morgan fingerprint density at radius 1 is 1.10 bits per heavy atom. The molecule has 29 heavy (non-hydrogen) atoms. The Kier molecular flexibility index (Phi) is 7.57. The molecule has 7 heteroatoms. The molecule has 0 aliphatic carbocycles. The van der Waals surface area contributed by atoms with Crippen LogP contribution in [0.2, 0.25) is 0 Å². The molecule has 0 heterocycles. The van der Waals surface area contributed by atoms with Gasteiger partial charge in [-0.1, -0.05) is 24.3 Å². The van der Waals surface area contributed by atoms with Crippen molar-refractivity contribution in [3.8, 4) is 23.3 Å². The van der Waals surface area contributed by atoms with Gasteiger partial charge in [-0.25, -0.2) is 4.79 Å². The SMILES string of the molecule is C=CCNC(=O)/C(C#N)=C\c1ccc(OC(=O)c2ccccc2OC)c(OC)c1. The number of nitrogens with zero attached hydrogens (tertiary/aromatic N) is 1. The fourth-order valence-electron chi connectivity index (χ4n) is 2.40. The largest absolute Gasteiger partial charge is 0.496 e. The maximum absolute atomic E-state index is 12.5. The molecule has 0 fully saturated rings. The Balaban J connectivity index is 2.27. The second-order valence-corrected chi connectivity index (χ2v) is 5.67. The summed E-state index contributed by atoms with van der Waals surface area (Å²) in [7, 11) is 2.89. The summed E-state index contributed by atoms with van der Waals surface area (Å²) in [5, 5.41) is 11.8. The van der Waals surface area contributed by atoms with Crippen LogP contribution in [0.15, 0.2) is 60.7 Å². The monoisotopic (exact) mass is 392 g/mol. The van der Waals surface area contributed by atoms with Gasteiger partial charge in [-0.2, -0.15) is 5.26 Å². The van der Waals surface area contributed by atoms with Crippen molar-refractivity contribution in [3.05, 3.63) is 71.8 Å². The zero-order valence-corrected chi connectivity index (χ0v) is 16.1. The number of carbonyl (C=O) groups is 2. The molecule has 2 rings (SSSR count). The van der Waals surface area contributed by atoms with Gasteiger partial charge < -0.3 is 19.5 Å². The summed E-state index contributed by atoms with van der Waals surface area (Å²) in [6.45, 7) is 3.76. The van der Waals surface area contributed by atoms with Crippen LogP contribution in [0.25, 0.3) is 6.08 Å². The molecule has 0 spiro atoms. The van der Waals surface area contributed by atoms with Gasteiger partial charge in [-0.05, 0) is 35.9 Å². The Morgan fingerprint density at radius 3 is 2.48 bits per heavy atom. The van der Waals surface area contributed by atoms with Gasteiger partial charge in [0.05, 0.1) is 14.2 Å². The number of carbonyl (C=O) groups excluding carboxylic acids is 2. The second-order valence-electron chi connectivity index (χ2n) is 5.67. The lowest BCUT2D eigenvalue weighted by molar-refractivity contribution is -0.116. The number of benzene rings is 2. The van der Waals surface area contributed by atoms with Gasteiger partial charge in [0.25, 0.3) is 5.91 Å². The van der Waals surface area contributed by atoms with Crippen LogP contribution in [0, 0.1) is 11.3 Å². The van der Waals surface area contributed by atoms with E-state index in [9.17, 15) is 14.9 Å². The second kappa shape index (κ2) is 10.3. The van der Waals surface area contributed by atoms with E-state index in [0.717, 1.165) is 0 Å². The van der Waals surface area contributed by atoms with Crippen LogP contribution in [0.4, 0.5) is 0 Å². The quantitative estimate of drug-likeness (QED) is 0.244. The fraction of sp³-hybridized carbons (Fsp3) is 0.136. The van der Waals surface area contributed by atoms with Gasteiger partial charge in [-0.15, -0.1) is 6.58 Å². The molecule has 0 atom stereocenters. The molecule has 2 aromatic rings. The minimum Gasteiger partial charge on any atom is -0.496 e. The van der Waals surface area contributed by atoms with Crippen molar-refractivity contribution in [2.24, 2.45) is 0 Å². The predicted molar refractivity (Wildman–Crippen MR) is 108 cm³/mol. The van der Waals surface area contributed by atoms with E-state index in [1.807, 2.05) is 6.07 Å². The maximum Gasteiger partial charge on any atom is 0.347 e. The number of methoxy groups -OCH3 is 2. The van der Waals surface area contributed by atoms with Crippen LogP contribution in [0.1, 0.15) is 15.9 Å². The van der Waals surface area contributed by atoms with Crippen molar-refractivity contribution >= 4 is 18.0 Å². The number of hydrogen-bond acceptors (Lipinski definition) is 6. The minimum absolute atomic E-state index is 0.0762. The molecule has 2 aromatic carbocycles. The lowest BCUT2D eigenvalue weighted by atomic mass is 10.1. The summed E-state index contributed by atoms with van der Waals surface area (Å²) in [5.74, 6) is -0.273. The number of ether oxygens (including phenoxy) is 3. The highest BCUT2D eigenvalue weighted by Crippen LogP contribution is 2.30. The first-order chi connectivity index (χ1) is 14.0. The maximum atomic E-state index is 12.5. The van der Waals surface area contributed by atoms with Crippen molar-refractivity contribution < 1.29 is 23.8 Å². The molecule has 0 saturated carbocycles. The molecule has 148 valence electrons. The topological polar surface area (TPSA) is 97.7 Å². The van der Waals surface area contributed by atoms with Gasteiger partial charge in [-0.3, -0.25) is 4.79 Å². The van der Waals surface area contributed by atoms with Crippen LogP contribution in [0.5, 0.6) is 17.2 Å². The van der Waals surface area contributed by atoms with Crippen LogP contribution in [-0.4, -0.2) is 32.6 Å². The number of amides is 1. The first-order valence-electron chi connectivity index (χ1n) is 8.58. The van der Waals surface area contributed by atoms with Gasteiger partial charge >= 0.3 is 5.97 Å². The molecule has 0 aliphatic heterocycles. The summed E-state index contributed by atoms with van der Waals surface area (Å²) >= 11 is 0. The third-order valence-electron chi connectivity index (χ3n) is 3.80. The number of hydrogen-bond donors (Lipinski definition) is 1. The highest BCUT2D eigenvalue weighted by molar-refractivity contribution is 6.01. The van der Waals surface area contributed by atoms with E-state index in [1.165, 1.54) is 32.4 Å². The van der Waals surface area contributed by atoms with E-state index in [0.29, 0.717) is 11.3 Å². The first kappa shape index (κ1) is 21.3. The van der Waals surface area contributed by atoms with Crippen molar-refractivity contribution in [1.82, 2.24) is 5.32 Å². The molecule has 0 bridgehead atoms. The van der Waals surface area contributed by atoms with E-state index in [1.54, 1.807) is 36.4 Å². The van der Waals surface area contributed by atoms with Crippen molar-refractivity contribution in [2.45, 2.75) is 0 Å². The summed E-state index contributed by atoms with van der Waals surface area (Å²) in [6, 6.07) is 13.2. The summed E-state index contributed by atoms with van der Waals surface area (Å²) in [4.78, 5) is 24.4. The van der Waals surface area contributed by atoms with Crippen LogP contribution >= 0.6 is 0 Å². The Bertz CT molecular complexity index is 989. The van der Waals surface area contributed by atoms with Crippen molar-refractivity contribution in [3.63, 3.8) is 0 Å². The fourth-order valence-corrected chi connectivity index (χ4v) is 2.40. The van der Waals surface area contributed by atoms with E-state index in [2.05, 4.69) is 11.9 Å². The molecule has 7 nitrogen and oxygen atoms in total. The van der Waals surface area contributed by atoms with E-state index < -0.39 is 11.9 Å². The van der Waals surface area contributed by atoms with Gasteiger partial charge in [0, 0.05) is 6.54 Å². The molecular weight excluding hydrogens is 372 g/mol. The molecule has 1 N–H and O–H groups in total. The number of nitrogens with one attached hydrogen (secondary N) is 1. The number of esters is 1. The van der Waals surface area contributed by atoms with Crippen molar-refractivity contribution in [2.75, 3.05) is 20.8 Å². The zero-order chi connectivity index (χ0) is 21.2.